The van der Waals surface area contributed by atoms with Gasteiger partial charge in [0.25, 0.3) is 0 Å². The highest BCUT2D eigenvalue weighted by Crippen LogP contribution is 2.47. The second-order valence-corrected chi connectivity index (χ2v) is 15.4. The fourth-order valence-electron chi connectivity index (χ4n) is 7.32. The molecule has 1 fully saturated rings. The summed E-state index contributed by atoms with van der Waals surface area (Å²) in [5.41, 5.74) is 5.77. The molecule has 4 aromatic rings. The number of hydrogen-bond acceptors (Lipinski definition) is 6. The first-order valence-electron chi connectivity index (χ1n) is 17.2. The van der Waals surface area contributed by atoms with Crippen molar-refractivity contribution in [2.45, 2.75) is 63.6 Å². The van der Waals surface area contributed by atoms with Crippen LogP contribution in [0.1, 0.15) is 65.9 Å². The van der Waals surface area contributed by atoms with Crippen LogP contribution in [-0.4, -0.2) is 86.0 Å². The topological polar surface area (TPSA) is 104 Å². The number of benzene rings is 3. The molecule has 1 aliphatic carbocycles. The molecule has 0 spiro atoms. The highest BCUT2D eigenvalue weighted by Gasteiger charge is 2.31. The Balaban J connectivity index is 1.17. The third-order valence-electron chi connectivity index (χ3n) is 10.1. The summed E-state index contributed by atoms with van der Waals surface area (Å²) in [7, 11) is 0.702. The van der Waals surface area contributed by atoms with Gasteiger partial charge in [-0.2, -0.15) is 0 Å². The molecule has 10 heteroatoms. The number of para-hydroxylation sites is 1. The summed E-state index contributed by atoms with van der Waals surface area (Å²) in [6, 6.07) is 23.5. The number of fused-ring (bicyclic) bond motifs is 5. The average Bonchev–Trinajstić information content (AvgIpc) is 3.40. The van der Waals surface area contributed by atoms with Gasteiger partial charge < -0.3 is 19.3 Å². The molecule has 0 saturated heterocycles. The van der Waals surface area contributed by atoms with Crippen LogP contribution in [0.25, 0.3) is 22.2 Å². The Morgan fingerprint density at radius 2 is 1.71 bits per heavy atom. The number of sulfonamides is 1. The van der Waals surface area contributed by atoms with Crippen LogP contribution in [0.15, 0.2) is 72.8 Å². The summed E-state index contributed by atoms with van der Waals surface area (Å²) >= 11 is 0. The van der Waals surface area contributed by atoms with Crippen molar-refractivity contribution < 1.29 is 23.1 Å². The van der Waals surface area contributed by atoms with Crippen molar-refractivity contribution in [3.8, 4) is 17.0 Å². The van der Waals surface area contributed by atoms with Crippen LogP contribution in [-0.2, 0) is 23.1 Å². The fourth-order valence-corrected chi connectivity index (χ4v) is 8.40. The molecule has 0 bridgehead atoms. The molecular weight excluding hydrogens is 625 g/mol. The maximum Gasteiger partial charge on any atom is 0.335 e. The van der Waals surface area contributed by atoms with Crippen LogP contribution in [0.4, 0.5) is 0 Å². The minimum Gasteiger partial charge on any atom is -0.491 e. The predicted octanol–water partition coefficient (Wildman–Crippen LogP) is 6.19. The maximum absolute atomic E-state index is 12.6. The van der Waals surface area contributed by atoms with Crippen LogP contribution in [0, 0.1) is 0 Å². The Kier molecular flexibility index (Phi) is 10.9. The quantitative estimate of drug-likeness (QED) is 0.175. The number of likely N-dealkylation sites (N-methyl/N-ethyl adjacent to an activating group) is 1. The van der Waals surface area contributed by atoms with E-state index >= 15 is 0 Å². The van der Waals surface area contributed by atoms with Gasteiger partial charge in [-0.25, -0.2) is 17.9 Å². The summed E-state index contributed by atoms with van der Waals surface area (Å²) in [6.07, 6.45) is 6.81. The number of carboxylic acids is 1. The van der Waals surface area contributed by atoms with E-state index in [0.717, 1.165) is 65.8 Å². The lowest BCUT2D eigenvalue weighted by atomic mass is 9.81. The van der Waals surface area contributed by atoms with Crippen LogP contribution in [0.5, 0.6) is 5.75 Å². The lowest BCUT2D eigenvalue weighted by Gasteiger charge is -2.33. The van der Waals surface area contributed by atoms with Crippen LogP contribution < -0.4 is 9.46 Å². The zero-order chi connectivity index (χ0) is 33.7. The highest BCUT2D eigenvalue weighted by atomic mass is 32.2. The van der Waals surface area contributed by atoms with Crippen LogP contribution in [0.2, 0.25) is 0 Å². The number of carboxylic acid groups (broad SMARTS) is 1. The zero-order valence-corrected chi connectivity index (χ0v) is 28.9. The molecule has 0 amide bonds. The molecule has 2 heterocycles. The lowest BCUT2D eigenvalue weighted by Crippen LogP contribution is -2.42. The minimum atomic E-state index is -3.38. The molecule has 0 unspecified atom stereocenters. The van der Waals surface area contributed by atoms with Gasteiger partial charge in [-0.15, -0.1) is 0 Å². The first-order valence-corrected chi connectivity index (χ1v) is 18.9. The third-order valence-corrected chi connectivity index (χ3v) is 11.4. The number of hydrogen-bond donors (Lipinski definition) is 2. The van der Waals surface area contributed by atoms with Crippen molar-refractivity contribution in [2.24, 2.45) is 0 Å². The number of aromatic carboxylic acids is 1. The van der Waals surface area contributed by atoms with Crippen molar-refractivity contribution >= 4 is 26.9 Å². The molecule has 6 rings (SSSR count). The highest BCUT2D eigenvalue weighted by molar-refractivity contribution is 7.89. The van der Waals surface area contributed by atoms with Crippen molar-refractivity contribution in [3.05, 3.63) is 89.5 Å². The molecule has 1 aliphatic heterocycles. The average molecular weight is 673 g/mol. The SMILES string of the molecule is CN(CCCN(C)[C@H]1COc2ccccc2-c2c(C3CCCCC3)c3ccc(C(=O)O)cc3n2C1)CCS(=O)(=O)NCc1ccccc1. The smallest absolute Gasteiger partial charge is 0.335 e. The normalized spacial score (nSPS) is 17.1. The third kappa shape index (κ3) is 7.94. The van der Waals surface area contributed by atoms with Crippen molar-refractivity contribution in [2.75, 3.05) is 46.1 Å². The van der Waals surface area contributed by atoms with Crippen molar-refractivity contribution in [3.63, 3.8) is 0 Å². The van der Waals surface area contributed by atoms with Gasteiger partial charge in [0, 0.05) is 36.1 Å². The van der Waals surface area contributed by atoms with Gasteiger partial charge in [0.05, 0.1) is 23.1 Å². The van der Waals surface area contributed by atoms with Gasteiger partial charge in [0.1, 0.15) is 12.4 Å². The zero-order valence-electron chi connectivity index (χ0n) is 28.1. The van der Waals surface area contributed by atoms with E-state index in [9.17, 15) is 18.3 Å². The summed E-state index contributed by atoms with van der Waals surface area (Å²) in [6.45, 7) is 3.50. The molecule has 1 saturated carbocycles. The first-order chi connectivity index (χ1) is 23.2. The number of rotatable bonds is 13. The maximum atomic E-state index is 12.6. The second-order valence-electron chi connectivity index (χ2n) is 13.5. The molecule has 256 valence electrons. The number of ether oxygens (including phenoxy) is 1. The second kappa shape index (κ2) is 15.2. The monoisotopic (exact) mass is 672 g/mol. The van der Waals surface area contributed by atoms with Gasteiger partial charge in [-0.3, -0.25) is 4.90 Å². The molecule has 2 N–H and O–H groups in total. The van der Waals surface area contributed by atoms with E-state index in [4.69, 9.17) is 4.74 Å². The van der Waals surface area contributed by atoms with E-state index in [2.05, 4.69) is 38.3 Å². The lowest BCUT2D eigenvalue weighted by molar-refractivity contribution is 0.0697. The van der Waals surface area contributed by atoms with Gasteiger partial charge >= 0.3 is 5.97 Å². The summed E-state index contributed by atoms with van der Waals surface area (Å²) in [5, 5.41) is 11.1. The Morgan fingerprint density at radius 1 is 0.958 bits per heavy atom. The van der Waals surface area contributed by atoms with Crippen molar-refractivity contribution in [1.29, 1.82) is 0 Å². The van der Waals surface area contributed by atoms with E-state index in [1.165, 1.54) is 24.8 Å². The molecule has 48 heavy (non-hydrogen) atoms. The number of nitrogens with zero attached hydrogens (tertiary/aromatic N) is 3. The van der Waals surface area contributed by atoms with E-state index in [0.29, 0.717) is 37.7 Å². The van der Waals surface area contributed by atoms with E-state index < -0.39 is 16.0 Å². The predicted molar refractivity (Wildman–Crippen MR) is 191 cm³/mol. The van der Waals surface area contributed by atoms with E-state index in [1.54, 1.807) is 6.07 Å². The van der Waals surface area contributed by atoms with Crippen LogP contribution in [0.3, 0.4) is 0 Å². The van der Waals surface area contributed by atoms with Gasteiger partial charge in [-0.05, 0) is 87.8 Å². The van der Waals surface area contributed by atoms with E-state index in [-0.39, 0.29) is 11.8 Å². The minimum absolute atomic E-state index is 0.0488. The Bertz CT molecular complexity index is 1820. The molecule has 1 atom stereocenters. The number of carbonyl (C=O) groups is 1. The fraction of sp³-hybridized carbons (Fsp3) is 0.447. The Morgan fingerprint density at radius 3 is 2.48 bits per heavy atom. The summed E-state index contributed by atoms with van der Waals surface area (Å²) in [5.74, 6) is 0.410. The molecule has 2 aliphatic rings. The number of nitrogens with one attached hydrogen (secondary N) is 1. The van der Waals surface area contributed by atoms with Crippen LogP contribution >= 0.6 is 0 Å². The first kappa shape index (κ1) is 34.2. The number of aromatic nitrogens is 1. The summed E-state index contributed by atoms with van der Waals surface area (Å²) in [4.78, 5) is 16.5. The van der Waals surface area contributed by atoms with Crippen molar-refractivity contribution in [1.82, 2.24) is 19.1 Å². The molecule has 0 radical (unpaired) electrons. The van der Waals surface area contributed by atoms with Gasteiger partial charge in [0.15, 0.2) is 0 Å². The molecule has 1 aromatic heterocycles. The van der Waals surface area contributed by atoms with E-state index in [1.807, 2.05) is 61.6 Å². The van der Waals surface area contributed by atoms with Gasteiger partial charge in [-0.1, -0.05) is 67.8 Å². The molecule has 3 aromatic carbocycles. The molecule has 9 nitrogen and oxygen atoms in total. The molecular formula is C38H48N4O5S. The summed E-state index contributed by atoms with van der Waals surface area (Å²) < 4.78 is 36.8. The van der Waals surface area contributed by atoms with Gasteiger partial charge in [0.2, 0.25) is 10.0 Å². The Hall–Kier alpha value is -3.70. The largest absolute Gasteiger partial charge is 0.491 e. The standard InChI is InChI=1S/C38H48N4O5S/c1-40(22-23-48(45,46)39-25-28-12-5-3-6-13-28)20-11-21-41(2)31-26-42-34-24-30(38(43)44)18-19-32(34)36(29-14-7-4-8-15-29)37(42)33-16-9-10-17-35(33)47-27-31/h3,5-6,9-10,12-13,16-19,24,29,31,39H,4,7-8,11,14-15,20-23,25-27H2,1-2H3,(H,43,44)/t31-/m1/s1. The Labute approximate surface area is 284 Å².